The fourth-order valence-electron chi connectivity index (χ4n) is 2.42. The molecule has 1 heterocycles. The molecule has 26 heavy (non-hydrogen) atoms. The molecule has 1 saturated heterocycles. The Hall–Kier alpha value is -2.03. The second-order valence-corrected chi connectivity index (χ2v) is 7.48. The predicted molar refractivity (Wildman–Crippen MR) is 111 cm³/mol. The summed E-state index contributed by atoms with van der Waals surface area (Å²) < 4.78 is 6.78. The highest BCUT2D eigenvalue weighted by molar-refractivity contribution is 9.10. The van der Waals surface area contributed by atoms with Crippen LogP contribution >= 0.6 is 44.1 Å². The summed E-state index contributed by atoms with van der Waals surface area (Å²) in [4.78, 5) is 26.5. The number of thiocarbonyl (C=S) groups is 1. The van der Waals surface area contributed by atoms with Crippen LogP contribution in [-0.2, 0) is 9.59 Å². The van der Waals surface area contributed by atoms with Gasteiger partial charge in [0.25, 0.3) is 11.8 Å². The Labute approximate surface area is 172 Å². The summed E-state index contributed by atoms with van der Waals surface area (Å²) in [5.41, 5.74) is 1.25. The molecule has 0 aliphatic carbocycles. The lowest BCUT2D eigenvalue weighted by molar-refractivity contribution is -0.122. The van der Waals surface area contributed by atoms with Gasteiger partial charge in [-0.2, -0.15) is 0 Å². The zero-order valence-corrected chi connectivity index (χ0v) is 17.4. The molecule has 0 saturated carbocycles. The van der Waals surface area contributed by atoms with Crippen molar-refractivity contribution in [2.24, 2.45) is 0 Å². The van der Waals surface area contributed by atoms with Gasteiger partial charge in [0.05, 0.1) is 17.3 Å². The number of nitrogens with zero attached hydrogens (tertiary/aromatic N) is 1. The van der Waals surface area contributed by atoms with Crippen LogP contribution in [0.15, 0.2) is 57.0 Å². The van der Waals surface area contributed by atoms with E-state index in [2.05, 4.69) is 37.2 Å². The van der Waals surface area contributed by atoms with E-state index in [0.717, 1.165) is 8.95 Å². The third-order valence-corrected chi connectivity index (χ3v) is 5.11. The van der Waals surface area contributed by atoms with Crippen LogP contribution in [0, 0.1) is 0 Å². The average Bonchev–Trinajstić information content (AvgIpc) is 2.60. The van der Waals surface area contributed by atoms with E-state index in [4.69, 9.17) is 17.0 Å². The monoisotopic (exact) mass is 494 g/mol. The summed E-state index contributed by atoms with van der Waals surface area (Å²) in [6.07, 6.45) is 1.52. The standard InChI is InChI=1S/C18H12Br2N2O3S/c1-25-15-7-2-10(9-14(15)20)8-13-16(23)21-18(26)22(17(13)24)12-5-3-11(19)4-6-12/h2-9H,1H3,(H,21,23,26)/b13-8+. The number of nitrogens with one attached hydrogen (secondary N) is 1. The molecule has 2 aromatic rings. The van der Waals surface area contributed by atoms with E-state index in [1.807, 2.05) is 0 Å². The van der Waals surface area contributed by atoms with Crippen molar-refractivity contribution < 1.29 is 14.3 Å². The normalized spacial score (nSPS) is 16.0. The summed E-state index contributed by atoms with van der Waals surface area (Å²) in [6.45, 7) is 0. The van der Waals surface area contributed by atoms with Gasteiger partial charge in [0.2, 0.25) is 0 Å². The lowest BCUT2D eigenvalue weighted by Gasteiger charge is -2.29. The zero-order valence-electron chi connectivity index (χ0n) is 13.5. The first kappa shape index (κ1) is 18.8. The fraction of sp³-hybridized carbons (Fsp3) is 0.0556. The van der Waals surface area contributed by atoms with Gasteiger partial charge < -0.3 is 4.74 Å². The number of anilines is 1. The van der Waals surface area contributed by atoms with E-state index >= 15 is 0 Å². The first-order valence-corrected chi connectivity index (χ1v) is 9.40. The van der Waals surface area contributed by atoms with Gasteiger partial charge in [0, 0.05) is 4.47 Å². The summed E-state index contributed by atoms with van der Waals surface area (Å²) in [5.74, 6) is -0.349. The summed E-state index contributed by atoms with van der Waals surface area (Å²) in [7, 11) is 1.56. The minimum absolute atomic E-state index is 0.00131. The van der Waals surface area contributed by atoms with Gasteiger partial charge in [-0.3, -0.25) is 19.8 Å². The number of methoxy groups -OCH3 is 1. The van der Waals surface area contributed by atoms with Crippen LogP contribution in [0.5, 0.6) is 5.75 Å². The number of hydrogen-bond acceptors (Lipinski definition) is 4. The smallest absolute Gasteiger partial charge is 0.270 e. The van der Waals surface area contributed by atoms with Crippen molar-refractivity contribution in [1.82, 2.24) is 5.32 Å². The molecular formula is C18H12Br2N2O3S. The first-order chi connectivity index (χ1) is 12.4. The van der Waals surface area contributed by atoms with Crippen molar-refractivity contribution in [3.05, 3.63) is 62.5 Å². The van der Waals surface area contributed by atoms with Crippen LogP contribution < -0.4 is 15.0 Å². The second-order valence-electron chi connectivity index (χ2n) is 5.33. The van der Waals surface area contributed by atoms with Gasteiger partial charge in [-0.1, -0.05) is 22.0 Å². The SMILES string of the molecule is COc1ccc(/C=C2\C(=O)NC(=S)N(c3ccc(Br)cc3)C2=O)cc1Br. The molecule has 2 aromatic carbocycles. The number of carbonyl (C=O) groups excluding carboxylic acids is 2. The van der Waals surface area contributed by atoms with Crippen molar-refractivity contribution in [2.45, 2.75) is 0 Å². The highest BCUT2D eigenvalue weighted by Gasteiger charge is 2.34. The van der Waals surface area contributed by atoms with E-state index in [1.165, 1.54) is 11.0 Å². The molecule has 132 valence electrons. The van der Waals surface area contributed by atoms with E-state index in [0.29, 0.717) is 17.0 Å². The minimum atomic E-state index is -0.527. The number of hydrogen-bond donors (Lipinski definition) is 1. The predicted octanol–water partition coefficient (Wildman–Crippen LogP) is 4.05. The van der Waals surface area contributed by atoms with Crippen LogP contribution in [0.2, 0.25) is 0 Å². The highest BCUT2D eigenvalue weighted by Crippen LogP contribution is 2.28. The highest BCUT2D eigenvalue weighted by atomic mass is 79.9. The molecule has 0 radical (unpaired) electrons. The van der Waals surface area contributed by atoms with Gasteiger partial charge in [-0.05, 0) is 76.2 Å². The molecule has 1 fully saturated rings. The quantitative estimate of drug-likeness (QED) is 0.396. The van der Waals surface area contributed by atoms with Crippen molar-refractivity contribution >= 4 is 72.8 Å². The Morgan fingerprint density at radius 1 is 1.12 bits per heavy atom. The molecule has 1 aliphatic rings. The van der Waals surface area contributed by atoms with Gasteiger partial charge in [0.1, 0.15) is 11.3 Å². The van der Waals surface area contributed by atoms with Crippen LogP contribution in [0.4, 0.5) is 5.69 Å². The molecule has 0 atom stereocenters. The molecule has 1 N–H and O–H groups in total. The van der Waals surface area contributed by atoms with E-state index in [1.54, 1.807) is 49.6 Å². The van der Waals surface area contributed by atoms with Crippen molar-refractivity contribution in [3.63, 3.8) is 0 Å². The molecular weight excluding hydrogens is 484 g/mol. The zero-order chi connectivity index (χ0) is 18.8. The third kappa shape index (κ3) is 3.72. The number of rotatable bonds is 3. The summed E-state index contributed by atoms with van der Waals surface area (Å²) >= 11 is 11.9. The van der Waals surface area contributed by atoms with Crippen LogP contribution in [0.25, 0.3) is 6.08 Å². The molecule has 3 rings (SSSR count). The largest absolute Gasteiger partial charge is 0.496 e. The Kier molecular flexibility index (Phi) is 5.55. The lowest BCUT2D eigenvalue weighted by atomic mass is 10.1. The maximum absolute atomic E-state index is 12.9. The fourth-order valence-corrected chi connectivity index (χ4v) is 3.52. The van der Waals surface area contributed by atoms with Crippen LogP contribution in [0.3, 0.4) is 0 Å². The van der Waals surface area contributed by atoms with E-state index in [9.17, 15) is 9.59 Å². The van der Waals surface area contributed by atoms with Crippen LogP contribution in [0.1, 0.15) is 5.56 Å². The van der Waals surface area contributed by atoms with E-state index in [-0.39, 0.29) is 10.7 Å². The number of benzene rings is 2. The third-order valence-electron chi connectivity index (χ3n) is 3.67. The minimum Gasteiger partial charge on any atom is -0.496 e. The van der Waals surface area contributed by atoms with Crippen molar-refractivity contribution in [2.75, 3.05) is 12.0 Å². The van der Waals surface area contributed by atoms with Gasteiger partial charge in [-0.15, -0.1) is 0 Å². The lowest BCUT2D eigenvalue weighted by Crippen LogP contribution is -2.54. The molecule has 2 amide bonds. The maximum atomic E-state index is 12.9. The molecule has 0 aromatic heterocycles. The molecule has 1 aliphatic heterocycles. The van der Waals surface area contributed by atoms with E-state index < -0.39 is 11.8 Å². The summed E-state index contributed by atoms with van der Waals surface area (Å²) in [5, 5.41) is 2.61. The average molecular weight is 496 g/mol. The maximum Gasteiger partial charge on any atom is 0.270 e. The Bertz CT molecular complexity index is 942. The van der Waals surface area contributed by atoms with Gasteiger partial charge in [0.15, 0.2) is 5.11 Å². The summed E-state index contributed by atoms with van der Waals surface area (Å²) in [6, 6.07) is 12.4. The van der Waals surface area contributed by atoms with Crippen LogP contribution in [-0.4, -0.2) is 24.0 Å². The second kappa shape index (κ2) is 7.69. The van der Waals surface area contributed by atoms with Crippen molar-refractivity contribution in [3.8, 4) is 5.75 Å². The van der Waals surface area contributed by atoms with Gasteiger partial charge in [-0.25, -0.2) is 0 Å². The number of ether oxygens (including phenoxy) is 1. The number of amides is 2. The molecule has 0 spiro atoms. The first-order valence-electron chi connectivity index (χ1n) is 7.41. The molecule has 8 heteroatoms. The molecule has 5 nitrogen and oxygen atoms in total. The van der Waals surface area contributed by atoms with Gasteiger partial charge >= 0.3 is 0 Å². The number of carbonyl (C=O) groups is 2. The number of halogens is 2. The molecule has 0 bridgehead atoms. The Balaban J connectivity index is 1.99. The Morgan fingerprint density at radius 2 is 1.81 bits per heavy atom. The Morgan fingerprint density at radius 3 is 2.42 bits per heavy atom. The molecule has 0 unspecified atom stereocenters. The van der Waals surface area contributed by atoms with Crippen molar-refractivity contribution in [1.29, 1.82) is 0 Å². The topological polar surface area (TPSA) is 58.6 Å².